The fourth-order valence-corrected chi connectivity index (χ4v) is 1.25. The van der Waals surface area contributed by atoms with Gasteiger partial charge in [-0.15, -0.1) is 0 Å². The van der Waals surface area contributed by atoms with Crippen molar-refractivity contribution in [2.45, 2.75) is 0 Å². The van der Waals surface area contributed by atoms with Crippen molar-refractivity contribution in [2.24, 2.45) is 0 Å². The molecule has 0 radical (unpaired) electrons. The van der Waals surface area contributed by atoms with E-state index in [-0.39, 0.29) is 0 Å². The van der Waals surface area contributed by atoms with Gasteiger partial charge < -0.3 is 0 Å². The second kappa shape index (κ2) is 57.3. The molecule has 0 saturated heterocycles. The first kappa shape index (κ1) is 34.5. The van der Waals surface area contributed by atoms with E-state index in [1.165, 1.54) is 0 Å². The SMILES string of the molecule is [O]=[Pr]=[O].[O]=[Pr]=[O].[O]=[Pr]=[O].[O]=[Pr]=[O].[O]=[Pr][O][Pr]=[O]. The van der Waals surface area contributed by atoms with Gasteiger partial charge in [-0.1, -0.05) is 0 Å². The first-order chi connectivity index (χ1) is 8.07. The molecule has 0 amide bonds. The fraction of sp³-hybridized carbons (Fsp3) is 0. The summed E-state index contributed by atoms with van der Waals surface area (Å²) in [5, 5.41) is 0. The Labute approximate surface area is 223 Å². The zero-order valence-corrected chi connectivity index (χ0v) is 30.2. The molecule has 0 saturated carbocycles. The van der Waals surface area contributed by atoms with E-state index in [2.05, 4.69) is -2.72 Å². The molecule has 0 aromatic rings. The van der Waals surface area contributed by atoms with Gasteiger partial charge in [-0.05, 0) is 0 Å². The number of rotatable bonds is 2. The molecular formula is O11Pr6. The summed E-state index contributed by atoms with van der Waals surface area (Å²) in [6.45, 7) is 0. The summed E-state index contributed by atoms with van der Waals surface area (Å²) >= 11 is -14.0. The molecule has 11 nitrogen and oxygen atoms in total. The van der Waals surface area contributed by atoms with E-state index in [1.54, 1.807) is 0 Å². The Morgan fingerprint density at radius 3 is 0.529 bits per heavy atom. The topological polar surface area (TPSA) is 180 Å². The van der Waals surface area contributed by atoms with Gasteiger partial charge >= 0.3 is 232 Å². The minimum atomic E-state index is -2.50. The summed E-state index contributed by atoms with van der Waals surface area (Å²) in [5.41, 5.74) is 0. The van der Waals surface area contributed by atoms with E-state index in [4.69, 9.17) is 7.96 Å². The maximum absolute atomic E-state index is 9.37. The van der Waals surface area contributed by atoms with Gasteiger partial charge in [-0.3, -0.25) is 0 Å². The van der Waals surface area contributed by atoms with Gasteiger partial charge in [0.1, 0.15) is 0 Å². The second-order valence-corrected chi connectivity index (χ2v) is 11.8. The van der Waals surface area contributed by atoms with Crippen LogP contribution in [0.15, 0.2) is 0 Å². The Bertz CT molecular complexity index is 225. The summed E-state index contributed by atoms with van der Waals surface area (Å²) in [6, 6.07) is 0. The zero-order valence-electron chi connectivity index (χ0n) is 7.95. The van der Waals surface area contributed by atoms with Gasteiger partial charge in [0.05, 0.1) is 0 Å². The summed E-state index contributed by atoms with van der Waals surface area (Å²) in [7, 11) is 0. The zero-order chi connectivity index (χ0) is 14.9. The van der Waals surface area contributed by atoms with E-state index >= 15 is 0 Å². The molecule has 0 aromatic carbocycles. The Morgan fingerprint density at radius 1 is 0.412 bits per heavy atom. The molecule has 0 unspecified atom stereocenters. The summed E-state index contributed by atoms with van der Waals surface area (Å²) < 4.78 is 91.5. The fourth-order valence-electron chi connectivity index (χ4n) is 0.0227. The van der Waals surface area contributed by atoms with E-state index in [0.29, 0.717) is 0 Å². The predicted molar refractivity (Wildman–Crippen MR) is 7.95 cm³/mol. The molecule has 0 bridgehead atoms. The molecule has 17 heteroatoms. The average molecular weight is 1020 g/mol. The van der Waals surface area contributed by atoms with Crippen LogP contribution in [-0.2, 0) is 7.23 Å². The first-order valence-electron chi connectivity index (χ1n) is 2.83. The van der Waals surface area contributed by atoms with Gasteiger partial charge in [0.2, 0.25) is 0 Å². The van der Waals surface area contributed by atoms with Crippen molar-refractivity contribution in [3.63, 3.8) is 0 Å². The molecule has 0 heterocycles. The molecule has 17 heavy (non-hydrogen) atoms. The van der Waals surface area contributed by atoms with Gasteiger partial charge in [0.15, 0.2) is 0 Å². The van der Waals surface area contributed by atoms with Crippen molar-refractivity contribution in [2.75, 3.05) is 0 Å². The van der Waals surface area contributed by atoms with E-state index in [9.17, 15) is 1.99 Å². The van der Waals surface area contributed by atoms with Crippen LogP contribution in [0.5, 0.6) is 0 Å². The number of hydrogen-bond donors (Lipinski definition) is 0. The van der Waals surface area contributed by atoms with Crippen LogP contribution in [-0.4, -0.2) is 0 Å². The number of hydrogen-bond acceptors (Lipinski definition) is 11. The molecule has 0 N–H and O–H groups in total. The van der Waals surface area contributed by atoms with Crippen molar-refractivity contribution < 1.29 is 232 Å². The van der Waals surface area contributed by atoms with Crippen LogP contribution >= 0.6 is 0 Å². The van der Waals surface area contributed by atoms with Crippen LogP contribution in [0.3, 0.4) is 0 Å². The van der Waals surface area contributed by atoms with Crippen molar-refractivity contribution in [1.82, 2.24) is 0 Å². The molecule has 0 rings (SSSR count). The van der Waals surface area contributed by atoms with Crippen LogP contribution in [0.2, 0.25) is 0 Å². The molecule has 0 aliphatic heterocycles. The van der Waals surface area contributed by atoms with Crippen molar-refractivity contribution in [3.8, 4) is 0 Å². The van der Waals surface area contributed by atoms with Crippen LogP contribution < -0.4 is 0 Å². The Hall–Kier alpha value is 6.14. The third kappa shape index (κ3) is 136. The Kier molecular flexibility index (Phi) is 116. The maximum atomic E-state index is 9.37. The monoisotopic (exact) mass is 1020 g/mol. The second-order valence-electron chi connectivity index (χ2n) is 0.713. The summed E-state index contributed by atoms with van der Waals surface area (Å²) in [5.74, 6) is 0. The third-order valence-corrected chi connectivity index (χ3v) is 6.11. The molecule has 0 atom stereocenters. The van der Waals surface area contributed by atoms with E-state index in [1.807, 2.05) is 0 Å². The summed E-state index contributed by atoms with van der Waals surface area (Å²) in [6.07, 6.45) is 0. The van der Waals surface area contributed by atoms with Crippen LogP contribution in [0.25, 0.3) is 0 Å². The molecule has 0 aliphatic rings. The molecular weight excluding hydrogens is 1020 g/mol. The normalized spacial score (nSPS) is 3.29. The molecule has 84 valence electrons. The molecule has 0 aliphatic carbocycles. The van der Waals surface area contributed by atoms with Crippen LogP contribution in [0, 0.1) is 225 Å². The summed E-state index contributed by atoms with van der Waals surface area (Å²) in [4.78, 5) is 0. The van der Waals surface area contributed by atoms with Gasteiger partial charge in [-0.2, -0.15) is 0 Å². The first-order valence-corrected chi connectivity index (χ1v) is 21.0. The predicted octanol–water partition coefficient (Wildman–Crippen LogP) is -1.26. The Morgan fingerprint density at radius 2 is 0.529 bits per heavy atom. The van der Waals surface area contributed by atoms with Gasteiger partial charge in [0, 0.05) is 0 Å². The van der Waals surface area contributed by atoms with Crippen molar-refractivity contribution in [1.29, 1.82) is 0 Å². The molecule has 0 aromatic heterocycles. The Balaban J connectivity index is -0.0000000362. The van der Waals surface area contributed by atoms with E-state index in [0.717, 1.165) is 0 Å². The van der Waals surface area contributed by atoms with Crippen molar-refractivity contribution in [3.05, 3.63) is 0 Å². The van der Waals surface area contributed by atoms with E-state index < -0.39 is 225 Å². The van der Waals surface area contributed by atoms with Gasteiger partial charge in [0.25, 0.3) is 0 Å². The quantitative estimate of drug-likeness (QED) is 0.323. The molecule has 0 spiro atoms. The van der Waals surface area contributed by atoms with Crippen LogP contribution in [0.4, 0.5) is 0 Å². The standard InChI is InChI=1S/11O.6Pr. The average Bonchev–Trinajstić information content (AvgIpc) is 2.23. The van der Waals surface area contributed by atoms with Gasteiger partial charge in [-0.25, -0.2) is 0 Å². The minimum absolute atomic E-state index is 2.02. The third-order valence-electron chi connectivity index (χ3n) is 0.111. The van der Waals surface area contributed by atoms with Crippen molar-refractivity contribution >= 4 is 0 Å². The molecule has 0 fully saturated rings. The van der Waals surface area contributed by atoms with Crippen LogP contribution in [0.1, 0.15) is 0 Å².